The predicted octanol–water partition coefficient (Wildman–Crippen LogP) is 2.89. The maximum Gasteiger partial charge on any atom is 0.221 e. The van der Waals surface area contributed by atoms with Crippen molar-refractivity contribution < 1.29 is 4.79 Å². The molecule has 112 valence electrons. The van der Waals surface area contributed by atoms with Crippen molar-refractivity contribution in [2.24, 2.45) is 0 Å². The molecule has 1 amide bonds. The van der Waals surface area contributed by atoms with Gasteiger partial charge in [-0.2, -0.15) is 0 Å². The van der Waals surface area contributed by atoms with Crippen LogP contribution in [0.1, 0.15) is 24.8 Å². The maximum atomic E-state index is 11.8. The molecular formula is C14H16Cl2N4O. The molecule has 21 heavy (non-hydrogen) atoms. The molecule has 1 aromatic heterocycles. The molecule has 0 aliphatic carbocycles. The van der Waals surface area contributed by atoms with Crippen LogP contribution in [0, 0.1) is 0 Å². The zero-order chi connectivity index (χ0) is 15.2. The van der Waals surface area contributed by atoms with Crippen LogP contribution in [0.2, 0.25) is 10.0 Å². The van der Waals surface area contributed by atoms with E-state index >= 15 is 0 Å². The van der Waals surface area contributed by atoms with E-state index in [1.165, 1.54) is 0 Å². The first-order chi connectivity index (χ1) is 10.1. The predicted molar refractivity (Wildman–Crippen MR) is 82.5 cm³/mol. The van der Waals surface area contributed by atoms with Crippen LogP contribution in [0.4, 0.5) is 0 Å². The molecule has 0 saturated heterocycles. The van der Waals surface area contributed by atoms with Gasteiger partial charge in [0.05, 0.1) is 12.7 Å². The van der Waals surface area contributed by atoms with Crippen LogP contribution in [0.25, 0.3) is 0 Å². The van der Waals surface area contributed by atoms with Gasteiger partial charge in [-0.25, -0.2) is 0 Å². The number of benzene rings is 1. The summed E-state index contributed by atoms with van der Waals surface area (Å²) in [6, 6.07) is 5.40. The molecule has 1 heterocycles. The van der Waals surface area contributed by atoms with Gasteiger partial charge in [-0.05, 0) is 17.7 Å². The average Bonchev–Trinajstić information content (AvgIpc) is 2.96. The van der Waals surface area contributed by atoms with Crippen molar-refractivity contribution in [1.82, 2.24) is 20.3 Å². The minimum absolute atomic E-state index is 0.0412. The van der Waals surface area contributed by atoms with E-state index in [-0.39, 0.29) is 11.8 Å². The van der Waals surface area contributed by atoms with Crippen LogP contribution in [0.15, 0.2) is 30.6 Å². The topological polar surface area (TPSA) is 59.8 Å². The molecule has 0 radical (unpaired) electrons. The fraction of sp³-hybridized carbons (Fsp3) is 0.357. The number of carbonyl (C=O) groups is 1. The lowest BCUT2D eigenvalue weighted by Crippen LogP contribution is -2.28. The summed E-state index contributed by atoms with van der Waals surface area (Å²) in [6.45, 7) is 2.97. The Hall–Kier alpha value is -1.59. The molecule has 0 spiro atoms. The molecule has 0 aliphatic rings. The van der Waals surface area contributed by atoms with Crippen molar-refractivity contribution in [3.05, 3.63) is 46.2 Å². The van der Waals surface area contributed by atoms with Gasteiger partial charge in [-0.3, -0.25) is 9.48 Å². The van der Waals surface area contributed by atoms with Gasteiger partial charge in [0.1, 0.15) is 0 Å². The van der Waals surface area contributed by atoms with E-state index in [1.807, 2.05) is 6.92 Å². The Bertz CT molecular complexity index is 581. The number of carbonyl (C=O) groups excluding carboxylic acids is 1. The van der Waals surface area contributed by atoms with Gasteiger partial charge >= 0.3 is 0 Å². The van der Waals surface area contributed by atoms with Gasteiger partial charge in [-0.15, -0.1) is 5.10 Å². The van der Waals surface area contributed by atoms with Crippen LogP contribution >= 0.6 is 23.2 Å². The molecule has 1 N–H and O–H groups in total. The van der Waals surface area contributed by atoms with E-state index < -0.39 is 0 Å². The van der Waals surface area contributed by atoms with Gasteiger partial charge in [0.2, 0.25) is 5.91 Å². The number of nitrogens with zero attached hydrogens (tertiary/aromatic N) is 3. The third-order valence-electron chi connectivity index (χ3n) is 3.14. The monoisotopic (exact) mass is 326 g/mol. The van der Waals surface area contributed by atoms with Crippen molar-refractivity contribution in [2.75, 3.05) is 6.54 Å². The van der Waals surface area contributed by atoms with Gasteiger partial charge in [0.25, 0.3) is 0 Å². The molecule has 0 aliphatic heterocycles. The molecule has 0 fully saturated rings. The summed E-state index contributed by atoms with van der Waals surface area (Å²) in [5, 5.41) is 11.6. The average molecular weight is 327 g/mol. The second-order valence-corrected chi connectivity index (χ2v) is 5.57. The lowest BCUT2D eigenvalue weighted by atomic mass is 10.0. The lowest BCUT2D eigenvalue weighted by Gasteiger charge is -2.16. The third-order valence-corrected chi connectivity index (χ3v) is 3.80. The van der Waals surface area contributed by atoms with Crippen molar-refractivity contribution in [2.45, 2.75) is 25.8 Å². The SMILES string of the molecule is C[C@@H](CNC(=O)CCn1ccnn1)c1c(Cl)cccc1Cl. The summed E-state index contributed by atoms with van der Waals surface area (Å²) >= 11 is 12.3. The molecular weight excluding hydrogens is 311 g/mol. The third kappa shape index (κ3) is 4.44. The van der Waals surface area contributed by atoms with E-state index in [0.29, 0.717) is 29.6 Å². The van der Waals surface area contributed by atoms with Crippen LogP contribution in [0.3, 0.4) is 0 Å². The number of hydrogen-bond acceptors (Lipinski definition) is 3. The van der Waals surface area contributed by atoms with E-state index in [9.17, 15) is 4.79 Å². The Kier molecular flexibility index (Phi) is 5.59. The van der Waals surface area contributed by atoms with Gasteiger partial charge in [-0.1, -0.05) is 41.4 Å². The number of aromatic nitrogens is 3. The highest BCUT2D eigenvalue weighted by atomic mass is 35.5. The zero-order valence-electron chi connectivity index (χ0n) is 11.6. The zero-order valence-corrected chi connectivity index (χ0v) is 13.1. The van der Waals surface area contributed by atoms with E-state index in [4.69, 9.17) is 23.2 Å². The standard InChI is InChI=1S/C14H16Cl2N4O/c1-10(14-11(15)3-2-4-12(14)16)9-17-13(21)5-7-20-8-6-18-19-20/h2-4,6,8,10H,5,7,9H2,1H3,(H,17,21)/t10-/m0/s1. The highest BCUT2D eigenvalue weighted by molar-refractivity contribution is 6.36. The fourth-order valence-electron chi connectivity index (χ4n) is 2.01. The first-order valence-electron chi connectivity index (χ1n) is 6.62. The quantitative estimate of drug-likeness (QED) is 0.887. The fourth-order valence-corrected chi connectivity index (χ4v) is 2.78. The molecule has 1 aromatic carbocycles. The number of nitrogens with one attached hydrogen (secondary N) is 1. The molecule has 2 aromatic rings. The Morgan fingerprint density at radius 3 is 2.71 bits per heavy atom. The van der Waals surface area contributed by atoms with E-state index in [2.05, 4.69) is 15.6 Å². The minimum Gasteiger partial charge on any atom is -0.355 e. The number of aryl methyl sites for hydroxylation is 1. The number of rotatable bonds is 6. The maximum absolute atomic E-state index is 11.8. The minimum atomic E-state index is -0.0412. The molecule has 7 heteroatoms. The normalized spacial score (nSPS) is 12.1. The van der Waals surface area contributed by atoms with Crippen molar-refractivity contribution >= 4 is 29.1 Å². The molecule has 2 rings (SSSR count). The van der Waals surface area contributed by atoms with Gasteiger partial charge < -0.3 is 5.32 Å². The van der Waals surface area contributed by atoms with Crippen LogP contribution in [-0.4, -0.2) is 27.4 Å². The van der Waals surface area contributed by atoms with Crippen molar-refractivity contribution in [3.8, 4) is 0 Å². The van der Waals surface area contributed by atoms with Crippen LogP contribution in [0.5, 0.6) is 0 Å². The Morgan fingerprint density at radius 1 is 1.38 bits per heavy atom. The Labute approximate surface area is 133 Å². The summed E-state index contributed by atoms with van der Waals surface area (Å²) in [5.74, 6) is 0.00189. The number of halogens is 2. The highest BCUT2D eigenvalue weighted by Gasteiger charge is 2.14. The molecule has 0 unspecified atom stereocenters. The summed E-state index contributed by atoms with van der Waals surface area (Å²) in [4.78, 5) is 11.8. The first-order valence-corrected chi connectivity index (χ1v) is 7.38. The van der Waals surface area contributed by atoms with Crippen molar-refractivity contribution in [3.63, 3.8) is 0 Å². The van der Waals surface area contributed by atoms with Gasteiger partial charge in [0.15, 0.2) is 0 Å². The summed E-state index contributed by atoms with van der Waals surface area (Å²) in [7, 11) is 0. The van der Waals surface area contributed by atoms with Crippen LogP contribution in [-0.2, 0) is 11.3 Å². The van der Waals surface area contributed by atoms with Crippen molar-refractivity contribution in [1.29, 1.82) is 0 Å². The molecule has 5 nitrogen and oxygen atoms in total. The van der Waals surface area contributed by atoms with E-state index in [0.717, 1.165) is 5.56 Å². The lowest BCUT2D eigenvalue weighted by molar-refractivity contribution is -0.121. The first kappa shape index (κ1) is 15.8. The number of hydrogen-bond donors (Lipinski definition) is 1. The summed E-state index contributed by atoms with van der Waals surface area (Å²) < 4.78 is 1.62. The smallest absolute Gasteiger partial charge is 0.221 e. The highest BCUT2D eigenvalue weighted by Crippen LogP contribution is 2.30. The van der Waals surface area contributed by atoms with Crippen LogP contribution < -0.4 is 5.32 Å². The summed E-state index contributed by atoms with van der Waals surface area (Å²) in [5.41, 5.74) is 0.859. The Morgan fingerprint density at radius 2 is 2.10 bits per heavy atom. The molecule has 0 saturated carbocycles. The van der Waals surface area contributed by atoms with E-state index in [1.54, 1.807) is 35.3 Å². The molecule has 0 bridgehead atoms. The summed E-state index contributed by atoms with van der Waals surface area (Å²) in [6.07, 6.45) is 3.66. The number of amides is 1. The van der Waals surface area contributed by atoms with Gasteiger partial charge in [0, 0.05) is 35.1 Å². The second kappa shape index (κ2) is 7.43. The molecule has 1 atom stereocenters. The Balaban J connectivity index is 1.83. The largest absolute Gasteiger partial charge is 0.355 e. The second-order valence-electron chi connectivity index (χ2n) is 4.76.